The molecule has 4 heteroatoms. The van der Waals surface area contributed by atoms with Crippen LogP contribution in [-0.2, 0) is 16.0 Å². The average molecular weight is 465 g/mol. The summed E-state index contributed by atoms with van der Waals surface area (Å²) in [5, 5.41) is 0. The third-order valence-corrected chi connectivity index (χ3v) is 4.79. The number of benzene rings is 3. The van der Waals surface area contributed by atoms with Crippen LogP contribution in [0.1, 0.15) is 38.8 Å². The Hall–Kier alpha value is -2.72. The van der Waals surface area contributed by atoms with Gasteiger partial charge in [-0.2, -0.15) is 0 Å². The van der Waals surface area contributed by atoms with Crippen LogP contribution in [0.5, 0.6) is 0 Å². The summed E-state index contributed by atoms with van der Waals surface area (Å²) in [6.45, 7) is 5.39. The highest BCUT2D eigenvalue weighted by molar-refractivity contribution is 9.10. The van der Waals surface area contributed by atoms with Crippen molar-refractivity contribution in [1.82, 2.24) is 0 Å². The largest absolute Gasteiger partial charge is 0.458 e. The van der Waals surface area contributed by atoms with Gasteiger partial charge in [0.2, 0.25) is 0 Å². The molecule has 0 aliphatic carbocycles. The van der Waals surface area contributed by atoms with Gasteiger partial charge in [0.1, 0.15) is 5.60 Å². The molecule has 1 atom stereocenters. The Kier molecular flexibility index (Phi) is 6.75. The van der Waals surface area contributed by atoms with Crippen LogP contribution in [0.4, 0.5) is 0 Å². The van der Waals surface area contributed by atoms with Crippen molar-refractivity contribution >= 4 is 27.6 Å². The molecule has 154 valence electrons. The van der Waals surface area contributed by atoms with Crippen LogP contribution >= 0.6 is 15.9 Å². The van der Waals surface area contributed by atoms with E-state index in [1.54, 1.807) is 20.8 Å². The van der Waals surface area contributed by atoms with Crippen LogP contribution in [0.3, 0.4) is 0 Å². The fraction of sp³-hybridized carbons (Fsp3) is 0.231. The molecule has 0 saturated carbocycles. The van der Waals surface area contributed by atoms with E-state index in [-0.39, 0.29) is 6.42 Å². The molecule has 3 aromatic rings. The topological polar surface area (TPSA) is 38.7 Å². The monoisotopic (exact) mass is 464 g/mol. The Morgan fingerprint density at radius 1 is 0.933 bits per heavy atom. The first-order valence-corrected chi connectivity index (χ1v) is 10.6. The third-order valence-electron chi connectivity index (χ3n) is 4.26. The van der Waals surface area contributed by atoms with Crippen molar-refractivity contribution in [2.24, 2.45) is 4.99 Å². The first kappa shape index (κ1) is 20.5. The second kappa shape index (κ2) is 9.86. The molecule has 0 amide bonds. The minimum absolute atomic E-state index is 0.0956. The van der Waals surface area contributed by atoms with E-state index >= 15 is 0 Å². The number of carbonyl (C=O) groups excluding carboxylic acids is 1. The van der Waals surface area contributed by atoms with Gasteiger partial charge in [-0.1, -0.05) is 88.7 Å². The van der Waals surface area contributed by atoms with Crippen molar-refractivity contribution in [2.45, 2.75) is 38.8 Å². The zero-order valence-electron chi connectivity index (χ0n) is 18.4. The molecular weight excluding hydrogens is 438 g/mol. The molecule has 0 radical (unpaired) electrons. The fourth-order valence-electron chi connectivity index (χ4n) is 2.91. The standard InChI is InChI=1S/C26H26BrNO2/c1-26(2,3)30-25(29)23(18-19-14-16-22(27)17-15-19)28-24(20-10-6-4-7-11-20)21-12-8-5-9-13-21/h4-17,23H,18H2,1-3H3/t23-/m0/s1/i23D. The maximum absolute atomic E-state index is 13.2. The maximum Gasteiger partial charge on any atom is 0.331 e. The highest BCUT2D eigenvalue weighted by Crippen LogP contribution is 2.19. The number of esters is 1. The summed E-state index contributed by atoms with van der Waals surface area (Å²) in [4.78, 5) is 18.0. The maximum atomic E-state index is 13.2. The molecule has 3 rings (SSSR count). The van der Waals surface area contributed by atoms with Crippen molar-refractivity contribution in [2.75, 3.05) is 0 Å². The van der Waals surface area contributed by atoms with Crippen molar-refractivity contribution in [1.29, 1.82) is 0 Å². The van der Waals surface area contributed by atoms with Gasteiger partial charge in [0.15, 0.2) is 6.02 Å². The molecule has 0 unspecified atom stereocenters. The highest BCUT2D eigenvalue weighted by atomic mass is 79.9. The normalized spacial score (nSPS) is 13.7. The molecule has 30 heavy (non-hydrogen) atoms. The summed E-state index contributed by atoms with van der Waals surface area (Å²) in [6, 6.07) is 25.0. The molecule has 0 aliphatic heterocycles. The highest BCUT2D eigenvalue weighted by Gasteiger charge is 2.26. The molecule has 0 heterocycles. The lowest BCUT2D eigenvalue weighted by atomic mass is 10.0. The summed E-state index contributed by atoms with van der Waals surface area (Å²) in [5.74, 6) is -0.674. The lowest BCUT2D eigenvalue weighted by molar-refractivity contribution is -0.156. The zero-order chi connectivity index (χ0) is 22.5. The van der Waals surface area contributed by atoms with E-state index in [0.29, 0.717) is 5.71 Å². The number of nitrogens with zero attached hydrogens (tertiary/aromatic N) is 1. The van der Waals surface area contributed by atoms with Gasteiger partial charge in [0.25, 0.3) is 0 Å². The number of hydrogen-bond donors (Lipinski definition) is 0. The Labute approximate surface area is 188 Å². The average Bonchev–Trinajstić information content (AvgIpc) is 2.74. The van der Waals surface area contributed by atoms with Crippen LogP contribution in [-0.4, -0.2) is 23.3 Å². The van der Waals surface area contributed by atoms with Gasteiger partial charge in [-0.3, -0.25) is 4.99 Å². The second-order valence-electron chi connectivity index (χ2n) is 7.94. The quantitative estimate of drug-likeness (QED) is 0.319. The Bertz CT molecular complexity index is 1000. The summed E-state index contributed by atoms with van der Waals surface area (Å²) >= 11 is 3.43. The van der Waals surface area contributed by atoms with E-state index in [1.165, 1.54) is 0 Å². The molecule has 0 aliphatic rings. The van der Waals surface area contributed by atoms with E-state index < -0.39 is 17.6 Å². The molecule has 0 bridgehead atoms. The molecule has 3 nitrogen and oxygen atoms in total. The Morgan fingerprint density at radius 3 is 1.90 bits per heavy atom. The van der Waals surface area contributed by atoms with Crippen LogP contribution in [0.2, 0.25) is 0 Å². The smallest absolute Gasteiger partial charge is 0.331 e. The third kappa shape index (κ3) is 6.39. The van der Waals surface area contributed by atoms with Crippen LogP contribution in [0, 0.1) is 0 Å². The summed E-state index contributed by atoms with van der Waals surface area (Å²) < 4.78 is 15.7. The second-order valence-corrected chi connectivity index (χ2v) is 8.86. The van der Waals surface area contributed by atoms with Crippen molar-refractivity contribution in [3.05, 3.63) is 106 Å². The molecule has 0 saturated heterocycles. The van der Waals surface area contributed by atoms with Gasteiger partial charge in [-0.25, -0.2) is 4.79 Å². The van der Waals surface area contributed by atoms with Crippen LogP contribution < -0.4 is 0 Å². The summed E-state index contributed by atoms with van der Waals surface area (Å²) in [6.07, 6.45) is 0.0956. The van der Waals surface area contributed by atoms with Gasteiger partial charge in [-0.15, -0.1) is 0 Å². The molecule has 0 spiro atoms. The lowest BCUT2D eigenvalue weighted by Gasteiger charge is -2.23. The van der Waals surface area contributed by atoms with Gasteiger partial charge in [0.05, 0.1) is 7.08 Å². The van der Waals surface area contributed by atoms with Crippen LogP contribution in [0.25, 0.3) is 0 Å². The van der Waals surface area contributed by atoms with Gasteiger partial charge >= 0.3 is 5.97 Å². The summed E-state index contributed by atoms with van der Waals surface area (Å²) in [5.41, 5.74) is 2.36. The summed E-state index contributed by atoms with van der Waals surface area (Å²) in [7, 11) is 0. The molecule has 0 fully saturated rings. The predicted octanol–water partition coefficient (Wildman–Crippen LogP) is 6.24. The fourth-order valence-corrected chi connectivity index (χ4v) is 3.18. The Morgan fingerprint density at radius 2 is 1.43 bits per heavy atom. The van der Waals surface area contributed by atoms with Crippen molar-refractivity contribution in [3.8, 4) is 0 Å². The van der Waals surface area contributed by atoms with Gasteiger partial charge in [0, 0.05) is 22.0 Å². The number of carbonyl (C=O) groups is 1. The van der Waals surface area contributed by atoms with E-state index in [0.717, 1.165) is 21.2 Å². The zero-order valence-corrected chi connectivity index (χ0v) is 19.0. The number of rotatable bonds is 6. The van der Waals surface area contributed by atoms with E-state index in [1.807, 2.05) is 84.9 Å². The first-order chi connectivity index (χ1) is 14.7. The molecule has 0 aromatic heterocycles. The number of halogens is 1. The number of hydrogen-bond acceptors (Lipinski definition) is 3. The Balaban J connectivity index is 2.13. The number of ether oxygens (including phenoxy) is 1. The number of aliphatic imine (C=N–C) groups is 1. The van der Waals surface area contributed by atoms with Crippen LogP contribution in [0.15, 0.2) is 94.4 Å². The van der Waals surface area contributed by atoms with Gasteiger partial charge < -0.3 is 4.74 Å². The van der Waals surface area contributed by atoms with E-state index in [9.17, 15) is 4.79 Å². The first-order valence-electron chi connectivity index (χ1n) is 10.3. The lowest BCUT2D eigenvalue weighted by Crippen LogP contribution is -2.33. The molecule has 0 N–H and O–H groups in total. The predicted molar refractivity (Wildman–Crippen MR) is 126 cm³/mol. The van der Waals surface area contributed by atoms with E-state index in [2.05, 4.69) is 15.9 Å². The van der Waals surface area contributed by atoms with E-state index in [4.69, 9.17) is 11.1 Å². The molecule has 3 aromatic carbocycles. The minimum atomic E-state index is -1.85. The SMILES string of the molecule is [2H][C@@](Cc1ccc(Br)cc1)(N=C(c1ccccc1)c1ccccc1)C(=O)OC(C)(C)C. The van der Waals surface area contributed by atoms with Gasteiger partial charge in [-0.05, 0) is 38.5 Å². The minimum Gasteiger partial charge on any atom is -0.458 e. The van der Waals surface area contributed by atoms with Crippen molar-refractivity contribution in [3.63, 3.8) is 0 Å². The van der Waals surface area contributed by atoms with Crippen molar-refractivity contribution < 1.29 is 10.9 Å². The molecular formula is C26H26BrNO2.